The van der Waals surface area contributed by atoms with E-state index in [9.17, 15) is 4.79 Å². The smallest absolute Gasteiger partial charge is 0.306 e. The Morgan fingerprint density at radius 3 is 2.33 bits per heavy atom. The average molecular weight is 172 g/mol. The fourth-order valence-electron chi connectivity index (χ4n) is 1.20. The van der Waals surface area contributed by atoms with Crippen molar-refractivity contribution in [3.63, 3.8) is 0 Å². The van der Waals surface area contributed by atoms with E-state index in [4.69, 9.17) is 4.74 Å². The Balaban J connectivity index is 3.54. The standard InChI is InChI=1S/C10H20O2/c1-5-6-10(11)12-9(4)7-8(2)3/h8-9H,5-7H2,1-4H3/t9-/m1/s1. The van der Waals surface area contributed by atoms with Crippen molar-refractivity contribution in [2.24, 2.45) is 5.92 Å². The molecule has 0 aliphatic heterocycles. The molecule has 0 saturated heterocycles. The molecule has 0 aliphatic rings. The molecule has 0 rings (SSSR count). The van der Waals surface area contributed by atoms with Crippen molar-refractivity contribution in [3.8, 4) is 0 Å². The fraction of sp³-hybridized carbons (Fsp3) is 0.900. The van der Waals surface area contributed by atoms with Crippen LogP contribution in [0.15, 0.2) is 0 Å². The van der Waals surface area contributed by atoms with Gasteiger partial charge in [-0.25, -0.2) is 0 Å². The normalized spacial score (nSPS) is 13.1. The first-order chi connectivity index (χ1) is 5.56. The molecule has 0 aromatic rings. The van der Waals surface area contributed by atoms with Crippen LogP contribution in [0.4, 0.5) is 0 Å². The van der Waals surface area contributed by atoms with E-state index in [2.05, 4.69) is 13.8 Å². The van der Waals surface area contributed by atoms with Gasteiger partial charge in [0.05, 0.1) is 6.10 Å². The molecular weight excluding hydrogens is 152 g/mol. The maximum Gasteiger partial charge on any atom is 0.306 e. The zero-order valence-electron chi connectivity index (χ0n) is 8.59. The largest absolute Gasteiger partial charge is 0.463 e. The summed E-state index contributed by atoms with van der Waals surface area (Å²) in [7, 11) is 0. The first-order valence-corrected chi connectivity index (χ1v) is 4.75. The summed E-state index contributed by atoms with van der Waals surface area (Å²) in [6.45, 7) is 8.19. The van der Waals surface area contributed by atoms with Gasteiger partial charge in [-0.05, 0) is 25.7 Å². The highest BCUT2D eigenvalue weighted by molar-refractivity contribution is 5.69. The molecule has 0 saturated carbocycles. The summed E-state index contributed by atoms with van der Waals surface area (Å²) in [5.41, 5.74) is 0. The molecule has 12 heavy (non-hydrogen) atoms. The van der Waals surface area contributed by atoms with E-state index in [0.29, 0.717) is 12.3 Å². The molecule has 0 radical (unpaired) electrons. The lowest BCUT2D eigenvalue weighted by molar-refractivity contribution is -0.148. The fourth-order valence-corrected chi connectivity index (χ4v) is 1.20. The first kappa shape index (κ1) is 11.5. The molecule has 0 aromatic heterocycles. The summed E-state index contributed by atoms with van der Waals surface area (Å²) in [5, 5.41) is 0. The third kappa shape index (κ3) is 6.20. The van der Waals surface area contributed by atoms with Gasteiger partial charge in [0, 0.05) is 6.42 Å². The number of ether oxygens (including phenoxy) is 1. The molecule has 72 valence electrons. The molecule has 0 bridgehead atoms. The number of rotatable bonds is 5. The van der Waals surface area contributed by atoms with Crippen molar-refractivity contribution in [2.75, 3.05) is 0 Å². The Morgan fingerprint density at radius 2 is 1.92 bits per heavy atom. The zero-order valence-corrected chi connectivity index (χ0v) is 8.59. The van der Waals surface area contributed by atoms with E-state index in [1.54, 1.807) is 0 Å². The Labute approximate surface area is 75.3 Å². The molecular formula is C10H20O2. The van der Waals surface area contributed by atoms with Crippen LogP contribution < -0.4 is 0 Å². The molecule has 0 spiro atoms. The third-order valence-electron chi connectivity index (χ3n) is 1.59. The van der Waals surface area contributed by atoms with E-state index in [-0.39, 0.29) is 12.1 Å². The minimum absolute atomic E-state index is 0.0642. The molecule has 0 amide bonds. The molecule has 0 heterocycles. The van der Waals surface area contributed by atoms with Gasteiger partial charge < -0.3 is 4.74 Å². The quantitative estimate of drug-likeness (QED) is 0.596. The SMILES string of the molecule is CCCC(=O)O[C@H](C)CC(C)C. The van der Waals surface area contributed by atoms with Crippen molar-refractivity contribution < 1.29 is 9.53 Å². The summed E-state index contributed by atoms with van der Waals surface area (Å²) in [5.74, 6) is 0.528. The Bertz CT molecular complexity index is 130. The highest BCUT2D eigenvalue weighted by Crippen LogP contribution is 2.08. The second-order valence-electron chi connectivity index (χ2n) is 3.68. The number of hydrogen-bond donors (Lipinski definition) is 0. The van der Waals surface area contributed by atoms with Crippen LogP contribution in [-0.2, 0) is 9.53 Å². The van der Waals surface area contributed by atoms with Gasteiger partial charge in [-0.3, -0.25) is 4.79 Å². The molecule has 0 fully saturated rings. The van der Waals surface area contributed by atoms with Gasteiger partial charge in [-0.1, -0.05) is 20.8 Å². The highest BCUT2D eigenvalue weighted by atomic mass is 16.5. The minimum atomic E-state index is -0.0642. The lowest BCUT2D eigenvalue weighted by Gasteiger charge is -2.14. The van der Waals surface area contributed by atoms with Crippen LogP contribution in [0.1, 0.15) is 47.0 Å². The first-order valence-electron chi connectivity index (χ1n) is 4.75. The van der Waals surface area contributed by atoms with Gasteiger partial charge in [-0.15, -0.1) is 0 Å². The Morgan fingerprint density at radius 1 is 1.33 bits per heavy atom. The van der Waals surface area contributed by atoms with Gasteiger partial charge in [-0.2, -0.15) is 0 Å². The molecule has 0 aliphatic carbocycles. The van der Waals surface area contributed by atoms with Crippen LogP contribution in [0, 0.1) is 5.92 Å². The summed E-state index contributed by atoms with van der Waals surface area (Å²) in [6.07, 6.45) is 2.44. The predicted octanol–water partition coefficient (Wildman–Crippen LogP) is 2.76. The lowest BCUT2D eigenvalue weighted by Crippen LogP contribution is -2.16. The monoisotopic (exact) mass is 172 g/mol. The second kappa shape index (κ2) is 6.04. The van der Waals surface area contributed by atoms with Crippen LogP contribution in [-0.4, -0.2) is 12.1 Å². The van der Waals surface area contributed by atoms with E-state index >= 15 is 0 Å². The zero-order chi connectivity index (χ0) is 9.56. The summed E-state index contributed by atoms with van der Waals surface area (Å²) < 4.78 is 5.16. The maximum absolute atomic E-state index is 11.0. The third-order valence-corrected chi connectivity index (χ3v) is 1.59. The Kier molecular flexibility index (Phi) is 5.77. The van der Waals surface area contributed by atoms with Gasteiger partial charge >= 0.3 is 5.97 Å². The van der Waals surface area contributed by atoms with E-state index in [1.165, 1.54) is 0 Å². The van der Waals surface area contributed by atoms with Gasteiger partial charge in [0.25, 0.3) is 0 Å². The summed E-state index contributed by atoms with van der Waals surface area (Å²) in [6, 6.07) is 0. The molecule has 1 atom stereocenters. The highest BCUT2D eigenvalue weighted by Gasteiger charge is 2.09. The average Bonchev–Trinajstić information content (AvgIpc) is 1.84. The molecule has 0 aromatic carbocycles. The number of esters is 1. The lowest BCUT2D eigenvalue weighted by atomic mass is 10.1. The van der Waals surface area contributed by atoms with Gasteiger partial charge in [0.1, 0.15) is 0 Å². The van der Waals surface area contributed by atoms with Crippen molar-refractivity contribution in [1.29, 1.82) is 0 Å². The number of hydrogen-bond acceptors (Lipinski definition) is 2. The van der Waals surface area contributed by atoms with Crippen LogP contribution in [0.3, 0.4) is 0 Å². The topological polar surface area (TPSA) is 26.3 Å². The van der Waals surface area contributed by atoms with Crippen molar-refractivity contribution in [3.05, 3.63) is 0 Å². The van der Waals surface area contributed by atoms with Crippen LogP contribution in [0.2, 0.25) is 0 Å². The van der Waals surface area contributed by atoms with Crippen LogP contribution in [0.5, 0.6) is 0 Å². The van der Waals surface area contributed by atoms with Crippen LogP contribution >= 0.6 is 0 Å². The number of carbonyl (C=O) groups excluding carboxylic acids is 1. The van der Waals surface area contributed by atoms with Crippen molar-refractivity contribution in [1.82, 2.24) is 0 Å². The molecule has 0 unspecified atom stereocenters. The molecule has 0 N–H and O–H groups in total. The maximum atomic E-state index is 11.0. The molecule has 2 heteroatoms. The van der Waals surface area contributed by atoms with E-state index < -0.39 is 0 Å². The van der Waals surface area contributed by atoms with E-state index in [0.717, 1.165) is 12.8 Å². The van der Waals surface area contributed by atoms with Gasteiger partial charge in [0.2, 0.25) is 0 Å². The van der Waals surface area contributed by atoms with Crippen molar-refractivity contribution >= 4 is 5.97 Å². The Hall–Kier alpha value is -0.530. The van der Waals surface area contributed by atoms with Crippen molar-refractivity contribution in [2.45, 2.75) is 53.1 Å². The second-order valence-corrected chi connectivity index (χ2v) is 3.68. The minimum Gasteiger partial charge on any atom is -0.463 e. The summed E-state index contributed by atoms with van der Waals surface area (Å²) in [4.78, 5) is 11.0. The van der Waals surface area contributed by atoms with E-state index in [1.807, 2.05) is 13.8 Å². The summed E-state index contributed by atoms with van der Waals surface area (Å²) >= 11 is 0. The van der Waals surface area contributed by atoms with Crippen LogP contribution in [0.25, 0.3) is 0 Å². The van der Waals surface area contributed by atoms with Gasteiger partial charge in [0.15, 0.2) is 0 Å². The number of carbonyl (C=O) groups is 1. The predicted molar refractivity (Wildman–Crippen MR) is 49.9 cm³/mol. The molecule has 2 nitrogen and oxygen atoms in total.